The normalized spacial score (nSPS) is 46.0. The van der Waals surface area contributed by atoms with Gasteiger partial charge in [-0.1, -0.05) is 55.5 Å². The van der Waals surface area contributed by atoms with Gasteiger partial charge in [0.15, 0.2) is 11.5 Å². The minimum absolute atomic E-state index is 0.627. The molecule has 5 aliphatic carbocycles. The van der Waals surface area contributed by atoms with E-state index < -0.39 is 0 Å². The molecule has 2 heteroatoms. The molecule has 2 saturated carbocycles. The van der Waals surface area contributed by atoms with Gasteiger partial charge in [0.2, 0.25) is 0 Å². The minimum Gasteiger partial charge on any atom is -0.486 e. The zero-order chi connectivity index (χ0) is 19.4. The quantitative estimate of drug-likeness (QED) is 0.605. The van der Waals surface area contributed by atoms with Gasteiger partial charge < -0.3 is 9.47 Å². The van der Waals surface area contributed by atoms with Gasteiger partial charge in [-0.05, 0) is 84.7 Å². The Morgan fingerprint density at radius 1 is 0.690 bits per heavy atom. The highest BCUT2D eigenvalue weighted by Crippen LogP contribution is 2.55. The van der Waals surface area contributed by atoms with Crippen LogP contribution in [0.4, 0.5) is 0 Å². The molecule has 3 fully saturated rings. The smallest absolute Gasteiger partial charge is 0.157 e. The Labute approximate surface area is 174 Å². The summed E-state index contributed by atoms with van der Waals surface area (Å²) in [4.78, 5) is 0. The second-order valence-corrected chi connectivity index (χ2v) is 9.97. The fourth-order valence-corrected chi connectivity index (χ4v) is 7.37. The van der Waals surface area contributed by atoms with Gasteiger partial charge in [0.25, 0.3) is 0 Å². The fourth-order valence-electron chi connectivity index (χ4n) is 7.37. The van der Waals surface area contributed by atoms with E-state index in [-0.39, 0.29) is 0 Å². The zero-order valence-electron chi connectivity index (χ0n) is 17.3. The van der Waals surface area contributed by atoms with Crippen molar-refractivity contribution in [3.8, 4) is 0 Å². The summed E-state index contributed by atoms with van der Waals surface area (Å²) in [5, 5.41) is 0. The molecule has 152 valence electrons. The Morgan fingerprint density at radius 2 is 1.24 bits per heavy atom. The molecule has 0 N–H and O–H groups in total. The molecular weight excluding hydrogens is 356 g/mol. The molecule has 0 bridgehead atoms. The highest BCUT2D eigenvalue weighted by Gasteiger charge is 2.48. The third kappa shape index (κ3) is 2.90. The molecule has 6 aliphatic rings. The maximum atomic E-state index is 5.93. The fraction of sp³-hybridized carbons (Fsp3) is 0.556. The highest BCUT2D eigenvalue weighted by atomic mass is 16.6. The van der Waals surface area contributed by atoms with E-state index in [0.29, 0.717) is 48.7 Å². The molecule has 2 nitrogen and oxygen atoms in total. The van der Waals surface area contributed by atoms with E-state index in [4.69, 9.17) is 9.47 Å². The summed E-state index contributed by atoms with van der Waals surface area (Å²) >= 11 is 0. The molecule has 0 aromatic heterocycles. The van der Waals surface area contributed by atoms with Crippen LogP contribution < -0.4 is 0 Å². The molecule has 0 radical (unpaired) electrons. The molecule has 0 aromatic rings. The SMILES string of the molecule is CC1CC2C=C3OCCOC3=CC2C1CCC1C2C=CC=CC2C2C=CC=CC21. The van der Waals surface area contributed by atoms with Crippen LogP contribution in [0.15, 0.2) is 72.3 Å². The van der Waals surface area contributed by atoms with Crippen molar-refractivity contribution in [1.29, 1.82) is 0 Å². The molecule has 6 rings (SSSR count). The van der Waals surface area contributed by atoms with Crippen LogP contribution >= 0.6 is 0 Å². The second kappa shape index (κ2) is 7.07. The van der Waals surface area contributed by atoms with Crippen LogP contribution in [0.5, 0.6) is 0 Å². The van der Waals surface area contributed by atoms with Gasteiger partial charge in [-0.25, -0.2) is 0 Å². The maximum Gasteiger partial charge on any atom is 0.157 e. The van der Waals surface area contributed by atoms with Gasteiger partial charge in [-0.15, -0.1) is 0 Å². The lowest BCUT2D eigenvalue weighted by Gasteiger charge is -2.31. The first kappa shape index (κ1) is 17.9. The van der Waals surface area contributed by atoms with E-state index in [9.17, 15) is 0 Å². The number of rotatable bonds is 3. The number of hydrogen-bond donors (Lipinski definition) is 0. The van der Waals surface area contributed by atoms with Crippen LogP contribution in [-0.4, -0.2) is 13.2 Å². The van der Waals surface area contributed by atoms with Crippen LogP contribution in [0.3, 0.4) is 0 Å². The average molecular weight is 389 g/mol. The van der Waals surface area contributed by atoms with Crippen LogP contribution in [0, 0.1) is 53.3 Å². The lowest BCUT2D eigenvalue weighted by atomic mass is 9.76. The van der Waals surface area contributed by atoms with E-state index in [1.165, 1.54) is 19.3 Å². The topological polar surface area (TPSA) is 18.5 Å². The standard InChI is InChI=1S/C27H32O2/c1-17-14-18-15-26-27(29-13-12-28-26)16-25(18)19(17)10-11-24-22-8-4-2-6-20(22)21-7-3-5-9-23(21)24/h2-9,15-25H,10-14H2,1H3. The van der Waals surface area contributed by atoms with E-state index in [1.54, 1.807) is 0 Å². The average Bonchev–Trinajstić information content (AvgIpc) is 3.24. The Morgan fingerprint density at radius 3 is 1.90 bits per heavy atom. The lowest BCUT2D eigenvalue weighted by molar-refractivity contribution is 0.0528. The van der Waals surface area contributed by atoms with Gasteiger partial charge in [-0.2, -0.15) is 0 Å². The van der Waals surface area contributed by atoms with E-state index in [2.05, 4.69) is 67.7 Å². The molecule has 0 aromatic carbocycles. The minimum atomic E-state index is 0.627. The number of allylic oxidation sites excluding steroid dienone is 10. The van der Waals surface area contributed by atoms with Crippen molar-refractivity contribution in [2.45, 2.75) is 26.2 Å². The molecule has 1 heterocycles. The van der Waals surface area contributed by atoms with E-state index in [0.717, 1.165) is 29.3 Å². The van der Waals surface area contributed by atoms with E-state index >= 15 is 0 Å². The van der Waals surface area contributed by atoms with Crippen molar-refractivity contribution in [3.05, 3.63) is 72.3 Å². The predicted octanol–water partition coefficient (Wildman–Crippen LogP) is 5.83. The summed E-state index contributed by atoms with van der Waals surface area (Å²) in [5.74, 6) is 8.40. The highest BCUT2D eigenvalue weighted by molar-refractivity contribution is 5.31. The van der Waals surface area contributed by atoms with Crippen molar-refractivity contribution in [2.24, 2.45) is 53.3 Å². The van der Waals surface area contributed by atoms with Crippen molar-refractivity contribution in [3.63, 3.8) is 0 Å². The largest absolute Gasteiger partial charge is 0.486 e. The lowest BCUT2D eigenvalue weighted by Crippen LogP contribution is -2.24. The first-order valence-corrected chi connectivity index (χ1v) is 11.7. The summed E-state index contributed by atoms with van der Waals surface area (Å²) < 4.78 is 11.8. The molecule has 29 heavy (non-hydrogen) atoms. The maximum absolute atomic E-state index is 5.93. The van der Waals surface area contributed by atoms with Gasteiger partial charge in [-0.3, -0.25) is 0 Å². The molecule has 0 amide bonds. The number of fused-ring (bicyclic) bond motifs is 5. The van der Waals surface area contributed by atoms with Crippen molar-refractivity contribution >= 4 is 0 Å². The zero-order valence-corrected chi connectivity index (χ0v) is 17.3. The Hall–Kier alpha value is -1.96. The molecular formula is C27H32O2. The van der Waals surface area contributed by atoms with Crippen LogP contribution in [0.2, 0.25) is 0 Å². The summed E-state index contributed by atoms with van der Waals surface area (Å²) in [6, 6.07) is 0. The second-order valence-electron chi connectivity index (χ2n) is 9.97. The van der Waals surface area contributed by atoms with Gasteiger partial charge in [0, 0.05) is 0 Å². The Bertz CT molecular complexity index is 807. The van der Waals surface area contributed by atoms with Gasteiger partial charge in [0.05, 0.1) is 0 Å². The van der Waals surface area contributed by atoms with Crippen LogP contribution in [0.1, 0.15) is 26.2 Å². The first-order chi connectivity index (χ1) is 14.3. The van der Waals surface area contributed by atoms with Crippen LogP contribution in [-0.2, 0) is 9.47 Å². The number of ether oxygens (including phenoxy) is 2. The third-order valence-corrected chi connectivity index (χ3v) is 8.63. The molecule has 8 unspecified atom stereocenters. The third-order valence-electron chi connectivity index (χ3n) is 8.63. The molecule has 0 spiro atoms. The molecule has 8 atom stereocenters. The molecule has 1 aliphatic heterocycles. The summed E-state index contributed by atoms with van der Waals surface area (Å²) in [7, 11) is 0. The van der Waals surface area contributed by atoms with E-state index in [1.807, 2.05) is 0 Å². The van der Waals surface area contributed by atoms with Crippen molar-refractivity contribution < 1.29 is 9.47 Å². The Balaban J connectivity index is 1.20. The summed E-state index contributed by atoms with van der Waals surface area (Å²) in [6.45, 7) is 3.85. The molecule has 1 saturated heterocycles. The first-order valence-electron chi connectivity index (χ1n) is 11.7. The van der Waals surface area contributed by atoms with Gasteiger partial charge >= 0.3 is 0 Å². The Kier molecular flexibility index (Phi) is 4.36. The monoisotopic (exact) mass is 388 g/mol. The predicted molar refractivity (Wildman–Crippen MR) is 116 cm³/mol. The summed E-state index contributed by atoms with van der Waals surface area (Å²) in [5.41, 5.74) is 0. The van der Waals surface area contributed by atoms with Crippen molar-refractivity contribution in [2.75, 3.05) is 13.2 Å². The van der Waals surface area contributed by atoms with Crippen molar-refractivity contribution in [1.82, 2.24) is 0 Å². The number of hydrogen-bond acceptors (Lipinski definition) is 2. The van der Waals surface area contributed by atoms with Gasteiger partial charge in [0.1, 0.15) is 13.2 Å². The van der Waals surface area contributed by atoms with Crippen LogP contribution in [0.25, 0.3) is 0 Å². The summed E-state index contributed by atoms with van der Waals surface area (Å²) in [6.07, 6.45) is 27.8.